The van der Waals surface area contributed by atoms with Crippen LogP contribution in [0.3, 0.4) is 0 Å². The first kappa shape index (κ1) is 19.3. The number of oxazole rings is 1. The molecule has 0 aliphatic carbocycles. The molecule has 6 heteroatoms. The van der Waals surface area contributed by atoms with Gasteiger partial charge in [-0.15, -0.1) is 0 Å². The average Bonchev–Trinajstić information content (AvgIpc) is 3.18. The van der Waals surface area contributed by atoms with Crippen LogP contribution >= 0.6 is 38.5 Å². The predicted octanol–water partition coefficient (Wildman–Crippen LogP) is 7.27. The van der Waals surface area contributed by atoms with E-state index in [2.05, 4.69) is 73.1 Å². The molecule has 1 amide bonds. The zero-order valence-electron chi connectivity index (χ0n) is 15.5. The van der Waals surface area contributed by atoms with Crippen LogP contribution in [0.5, 0.6) is 0 Å². The molecule has 0 spiro atoms. The third-order valence-corrected chi connectivity index (χ3v) is 6.18. The van der Waals surface area contributed by atoms with Crippen LogP contribution in [0, 0.1) is 3.57 Å². The SMILES string of the molecule is O=C(Nc1ccc2oc(-c3ccc4ccccc4c3)nc2c1)c1cc(I)ccc1Br. The number of hydrogen-bond acceptors (Lipinski definition) is 3. The number of nitrogens with zero attached hydrogens (tertiary/aromatic N) is 1. The van der Waals surface area contributed by atoms with Crippen molar-refractivity contribution < 1.29 is 9.21 Å². The second-order valence-electron chi connectivity index (χ2n) is 6.84. The summed E-state index contributed by atoms with van der Waals surface area (Å²) in [6, 6.07) is 25.4. The summed E-state index contributed by atoms with van der Waals surface area (Å²) in [6.45, 7) is 0. The molecule has 0 atom stereocenters. The van der Waals surface area contributed by atoms with E-state index in [0.717, 1.165) is 19.0 Å². The minimum absolute atomic E-state index is 0.182. The van der Waals surface area contributed by atoms with Gasteiger partial charge in [-0.1, -0.05) is 30.3 Å². The maximum Gasteiger partial charge on any atom is 0.256 e. The molecule has 4 nitrogen and oxygen atoms in total. The molecule has 1 aromatic heterocycles. The van der Waals surface area contributed by atoms with E-state index < -0.39 is 0 Å². The molecule has 30 heavy (non-hydrogen) atoms. The predicted molar refractivity (Wildman–Crippen MR) is 132 cm³/mol. The molecule has 0 fully saturated rings. The number of fused-ring (bicyclic) bond motifs is 2. The minimum atomic E-state index is -0.182. The van der Waals surface area contributed by atoms with Gasteiger partial charge in [-0.3, -0.25) is 4.79 Å². The lowest BCUT2D eigenvalue weighted by Crippen LogP contribution is -2.12. The number of amides is 1. The van der Waals surface area contributed by atoms with Crippen LogP contribution in [0.4, 0.5) is 5.69 Å². The highest BCUT2D eigenvalue weighted by Crippen LogP contribution is 2.29. The lowest BCUT2D eigenvalue weighted by molar-refractivity contribution is 0.102. The molecule has 4 aromatic carbocycles. The van der Waals surface area contributed by atoms with Gasteiger partial charge in [-0.2, -0.15) is 0 Å². The van der Waals surface area contributed by atoms with Crippen LogP contribution in [0.2, 0.25) is 0 Å². The molecule has 0 saturated carbocycles. The molecule has 1 N–H and O–H groups in total. The highest BCUT2D eigenvalue weighted by atomic mass is 127. The van der Waals surface area contributed by atoms with Crippen molar-refractivity contribution in [2.75, 3.05) is 5.32 Å². The molecular formula is C24H14BrIN2O2. The summed E-state index contributed by atoms with van der Waals surface area (Å²) in [7, 11) is 0. The van der Waals surface area contributed by atoms with Gasteiger partial charge in [0.2, 0.25) is 5.89 Å². The molecule has 0 bridgehead atoms. The van der Waals surface area contributed by atoms with Gasteiger partial charge in [0, 0.05) is 19.3 Å². The second-order valence-corrected chi connectivity index (χ2v) is 8.94. The number of rotatable bonds is 3. The van der Waals surface area contributed by atoms with E-state index in [1.165, 1.54) is 5.39 Å². The number of benzene rings is 4. The van der Waals surface area contributed by atoms with E-state index in [-0.39, 0.29) is 5.91 Å². The summed E-state index contributed by atoms with van der Waals surface area (Å²) in [6.07, 6.45) is 0. The first-order valence-electron chi connectivity index (χ1n) is 9.23. The van der Waals surface area contributed by atoms with Crippen molar-refractivity contribution >= 4 is 72.0 Å². The Bertz CT molecular complexity index is 1430. The van der Waals surface area contributed by atoms with Gasteiger partial charge in [0.1, 0.15) is 5.52 Å². The fourth-order valence-electron chi connectivity index (χ4n) is 3.32. The highest BCUT2D eigenvalue weighted by molar-refractivity contribution is 14.1. The van der Waals surface area contributed by atoms with Crippen LogP contribution in [-0.4, -0.2) is 10.9 Å². The van der Waals surface area contributed by atoms with E-state index in [1.807, 2.05) is 54.6 Å². The summed E-state index contributed by atoms with van der Waals surface area (Å²) in [5, 5.41) is 5.24. The Labute approximate surface area is 194 Å². The topological polar surface area (TPSA) is 55.1 Å². The van der Waals surface area contributed by atoms with E-state index in [1.54, 1.807) is 0 Å². The molecule has 1 heterocycles. The van der Waals surface area contributed by atoms with Crippen molar-refractivity contribution in [3.8, 4) is 11.5 Å². The Morgan fingerprint density at radius 1 is 0.933 bits per heavy atom. The van der Waals surface area contributed by atoms with Crippen LogP contribution < -0.4 is 5.32 Å². The number of hydrogen-bond donors (Lipinski definition) is 1. The van der Waals surface area contributed by atoms with Crippen LogP contribution in [0.15, 0.2) is 87.8 Å². The van der Waals surface area contributed by atoms with Gasteiger partial charge in [-0.25, -0.2) is 4.98 Å². The molecule has 0 unspecified atom stereocenters. The van der Waals surface area contributed by atoms with Gasteiger partial charge < -0.3 is 9.73 Å². The number of halogens is 2. The summed E-state index contributed by atoms with van der Waals surface area (Å²) >= 11 is 5.63. The van der Waals surface area contributed by atoms with Crippen LogP contribution in [0.1, 0.15) is 10.4 Å². The van der Waals surface area contributed by atoms with E-state index in [9.17, 15) is 4.79 Å². The van der Waals surface area contributed by atoms with E-state index in [4.69, 9.17) is 4.42 Å². The molecule has 0 aliphatic rings. The van der Waals surface area contributed by atoms with Gasteiger partial charge in [0.05, 0.1) is 5.56 Å². The van der Waals surface area contributed by atoms with Gasteiger partial charge in [0.15, 0.2) is 5.58 Å². The van der Waals surface area contributed by atoms with Crippen molar-refractivity contribution in [1.29, 1.82) is 0 Å². The lowest BCUT2D eigenvalue weighted by Gasteiger charge is -2.07. The first-order valence-corrected chi connectivity index (χ1v) is 11.1. The van der Waals surface area contributed by atoms with Gasteiger partial charge >= 0.3 is 0 Å². The van der Waals surface area contributed by atoms with Gasteiger partial charge in [-0.05, 0) is 97.8 Å². The standard InChI is InChI=1S/C24H14BrIN2O2/c25-20-9-7-17(26)12-19(20)23(29)27-18-8-10-22-21(13-18)28-24(30-22)16-6-5-14-3-1-2-4-15(14)11-16/h1-13H,(H,27,29). The average molecular weight is 569 g/mol. The smallest absolute Gasteiger partial charge is 0.256 e. The van der Waals surface area contributed by atoms with E-state index >= 15 is 0 Å². The van der Waals surface area contributed by atoms with Crippen molar-refractivity contribution in [3.05, 3.63) is 92.5 Å². The number of aromatic nitrogens is 1. The summed E-state index contributed by atoms with van der Waals surface area (Å²) < 4.78 is 7.70. The maximum atomic E-state index is 12.7. The highest BCUT2D eigenvalue weighted by Gasteiger charge is 2.13. The van der Waals surface area contributed by atoms with Crippen molar-refractivity contribution in [2.45, 2.75) is 0 Å². The third kappa shape index (κ3) is 3.73. The lowest BCUT2D eigenvalue weighted by atomic mass is 10.1. The number of carbonyl (C=O) groups excluding carboxylic acids is 1. The molecule has 5 rings (SSSR count). The zero-order valence-corrected chi connectivity index (χ0v) is 19.3. The Morgan fingerprint density at radius 3 is 2.63 bits per heavy atom. The van der Waals surface area contributed by atoms with Crippen molar-refractivity contribution in [2.24, 2.45) is 0 Å². The zero-order chi connectivity index (χ0) is 20.7. The largest absolute Gasteiger partial charge is 0.436 e. The Kier molecular flexibility index (Phi) is 5.04. The Morgan fingerprint density at radius 2 is 1.77 bits per heavy atom. The normalized spacial score (nSPS) is 11.1. The van der Waals surface area contributed by atoms with E-state index in [0.29, 0.717) is 28.2 Å². The molecule has 5 aromatic rings. The summed E-state index contributed by atoms with van der Waals surface area (Å²) in [5.41, 5.74) is 3.53. The number of nitrogens with one attached hydrogen (secondary N) is 1. The Hall–Kier alpha value is -2.71. The minimum Gasteiger partial charge on any atom is -0.436 e. The fourth-order valence-corrected chi connectivity index (χ4v) is 4.24. The molecule has 0 aliphatic heterocycles. The van der Waals surface area contributed by atoms with Crippen LogP contribution in [-0.2, 0) is 0 Å². The second kappa shape index (κ2) is 7.85. The Balaban J connectivity index is 1.46. The summed E-state index contributed by atoms with van der Waals surface area (Å²) in [4.78, 5) is 17.3. The first-order chi connectivity index (χ1) is 14.6. The number of carbonyl (C=O) groups is 1. The van der Waals surface area contributed by atoms with Crippen molar-refractivity contribution in [3.63, 3.8) is 0 Å². The molecule has 0 saturated heterocycles. The third-order valence-electron chi connectivity index (χ3n) is 4.81. The quantitative estimate of drug-likeness (QED) is 0.233. The van der Waals surface area contributed by atoms with Crippen LogP contribution in [0.25, 0.3) is 33.3 Å². The molecule has 0 radical (unpaired) electrons. The monoisotopic (exact) mass is 568 g/mol. The molecule has 146 valence electrons. The van der Waals surface area contributed by atoms with Crippen molar-refractivity contribution in [1.82, 2.24) is 4.98 Å². The summed E-state index contributed by atoms with van der Waals surface area (Å²) in [5.74, 6) is 0.373. The fraction of sp³-hybridized carbons (Fsp3) is 0. The molecular weight excluding hydrogens is 555 g/mol. The number of anilines is 1. The maximum absolute atomic E-state index is 12.7. The van der Waals surface area contributed by atoms with Gasteiger partial charge in [0.25, 0.3) is 5.91 Å².